The smallest absolute Gasteiger partial charge is 0.279 e. The number of rotatable bonds is 4. The molecular formula is C23H20FN3O3S. The van der Waals surface area contributed by atoms with Gasteiger partial charge in [0.1, 0.15) is 11.9 Å². The molecule has 3 amide bonds. The lowest BCUT2D eigenvalue weighted by molar-refractivity contribution is -0.125. The van der Waals surface area contributed by atoms with Crippen LogP contribution in [-0.2, 0) is 4.79 Å². The number of benzene rings is 2. The zero-order valence-electron chi connectivity index (χ0n) is 16.5. The zero-order chi connectivity index (χ0) is 21.8. The summed E-state index contributed by atoms with van der Waals surface area (Å²) >= 11 is 1.24. The third-order valence-corrected chi connectivity index (χ3v) is 6.23. The fourth-order valence-corrected chi connectivity index (χ4v) is 4.43. The number of likely N-dealkylation sites (tertiary alicyclic amines) is 1. The molecule has 1 saturated heterocycles. The van der Waals surface area contributed by atoms with E-state index in [1.54, 1.807) is 48.5 Å². The normalized spacial score (nSPS) is 15.5. The van der Waals surface area contributed by atoms with E-state index in [0.717, 1.165) is 16.9 Å². The second-order valence-corrected chi connectivity index (χ2v) is 8.22. The molecule has 2 heterocycles. The van der Waals surface area contributed by atoms with Crippen LogP contribution < -0.4 is 10.9 Å². The van der Waals surface area contributed by atoms with E-state index in [0.29, 0.717) is 23.4 Å². The Morgan fingerprint density at radius 2 is 1.68 bits per heavy atom. The van der Waals surface area contributed by atoms with Crippen molar-refractivity contribution >= 4 is 29.1 Å². The quantitative estimate of drug-likeness (QED) is 0.612. The minimum atomic E-state index is -0.633. The summed E-state index contributed by atoms with van der Waals surface area (Å²) in [5, 5.41) is 0. The van der Waals surface area contributed by atoms with Crippen LogP contribution in [0.5, 0.6) is 0 Å². The van der Waals surface area contributed by atoms with E-state index in [2.05, 4.69) is 10.9 Å². The van der Waals surface area contributed by atoms with Crippen molar-refractivity contribution in [3.8, 4) is 10.4 Å². The molecule has 1 aliphatic heterocycles. The maximum Gasteiger partial charge on any atom is 0.279 e. The number of nitrogens with zero attached hydrogens (tertiary/aromatic N) is 1. The van der Waals surface area contributed by atoms with Gasteiger partial charge in [0.15, 0.2) is 0 Å². The average molecular weight is 437 g/mol. The molecule has 2 aromatic carbocycles. The molecule has 4 rings (SSSR count). The van der Waals surface area contributed by atoms with Crippen LogP contribution in [0.15, 0.2) is 66.7 Å². The number of carbonyl (C=O) groups excluding carboxylic acids is 3. The van der Waals surface area contributed by atoms with E-state index in [-0.39, 0.29) is 11.7 Å². The molecule has 31 heavy (non-hydrogen) atoms. The summed E-state index contributed by atoms with van der Waals surface area (Å²) in [6.07, 6.45) is 1.25. The van der Waals surface area contributed by atoms with Gasteiger partial charge in [0.25, 0.3) is 17.7 Å². The predicted molar refractivity (Wildman–Crippen MR) is 116 cm³/mol. The summed E-state index contributed by atoms with van der Waals surface area (Å²) in [4.78, 5) is 40.5. The highest BCUT2D eigenvalue weighted by Gasteiger charge is 2.34. The SMILES string of the molecule is O=C(NNC(=O)[C@@H]1CCCN1C(=O)c1ccccc1)c1ccc(-c2ccc(F)cc2)s1. The van der Waals surface area contributed by atoms with Crippen molar-refractivity contribution in [2.45, 2.75) is 18.9 Å². The number of hydrogen-bond donors (Lipinski definition) is 2. The lowest BCUT2D eigenvalue weighted by Crippen LogP contribution is -2.51. The molecule has 8 heteroatoms. The predicted octanol–water partition coefficient (Wildman–Crippen LogP) is 3.62. The minimum Gasteiger partial charge on any atom is -0.327 e. The average Bonchev–Trinajstić information content (AvgIpc) is 3.48. The third-order valence-electron chi connectivity index (χ3n) is 5.09. The van der Waals surface area contributed by atoms with E-state index in [9.17, 15) is 18.8 Å². The maximum atomic E-state index is 13.1. The van der Waals surface area contributed by atoms with Crippen LogP contribution in [0.25, 0.3) is 10.4 Å². The first-order chi connectivity index (χ1) is 15.0. The molecule has 0 radical (unpaired) electrons. The maximum absolute atomic E-state index is 13.1. The summed E-state index contributed by atoms with van der Waals surface area (Å²) in [6.45, 7) is 0.492. The molecule has 0 unspecified atom stereocenters. The number of hydrazine groups is 1. The Bertz CT molecular complexity index is 1100. The summed E-state index contributed by atoms with van der Waals surface area (Å²) < 4.78 is 13.1. The molecule has 0 bridgehead atoms. The lowest BCUT2D eigenvalue weighted by Gasteiger charge is -2.24. The topological polar surface area (TPSA) is 78.5 Å². The standard InChI is InChI=1S/C23H20FN3O3S/c24-17-10-8-15(9-11-17)19-12-13-20(31-19)22(29)26-25-21(28)18-7-4-14-27(18)23(30)16-5-2-1-3-6-16/h1-3,5-6,8-13,18H,4,7,14H2,(H,25,28)(H,26,29)/t18-/m0/s1. The molecule has 6 nitrogen and oxygen atoms in total. The molecule has 1 atom stereocenters. The highest BCUT2D eigenvalue weighted by molar-refractivity contribution is 7.17. The highest BCUT2D eigenvalue weighted by atomic mass is 32.1. The summed E-state index contributed by atoms with van der Waals surface area (Å²) in [5.74, 6) is -1.41. The van der Waals surface area contributed by atoms with Crippen LogP contribution in [0.4, 0.5) is 4.39 Å². The number of carbonyl (C=O) groups is 3. The fraction of sp³-hybridized carbons (Fsp3) is 0.174. The molecule has 1 aliphatic rings. The van der Waals surface area contributed by atoms with Crippen LogP contribution in [-0.4, -0.2) is 35.2 Å². The van der Waals surface area contributed by atoms with Crippen LogP contribution >= 0.6 is 11.3 Å². The molecule has 0 aliphatic carbocycles. The van der Waals surface area contributed by atoms with Crippen molar-refractivity contribution in [2.75, 3.05) is 6.54 Å². The van der Waals surface area contributed by atoms with E-state index in [4.69, 9.17) is 0 Å². The fourth-order valence-electron chi connectivity index (χ4n) is 3.52. The zero-order valence-corrected chi connectivity index (χ0v) is 17.3. The van der Waals surface area contributed by atoms with Gasteiger partial charge in [0.05, 0.1) is 4.88 Å². The van der Waals surface area contributed by atoms with Gasteiger partial charge >= 0.3 is 0 Å². The first-order valence-corrected chi connectivity index (χ1v) is 10.7. The van der Waals surface area contributed by atoms with Crippen LogP contribution in [0.2, 0.25) is 0 Å². The third kappa shape index (κ3) is 4.64. The number of hydrogen-bond acceptors (Lipinski definition) is 4. The largest absolute Gasteiger partial charge is 0.327 e. The van der Waals surface area contributed by atoms with Gasteiger partial charge in [0.2, 0.25) is 0 Å². The van der Waals surface area contributed by atoms with Crippen LogP contribution in [0, 0.1) is 5.82 Å². The number of thiophene rings is 1. The van der Waals surface area contributed by atoms with Gasteiger partial charge in [0, 0.05) is 17.0 Å². The molecule has 2 N–H and O–H groups in total. The Balaban J connectivity index is 1.36. The Morgan fingerprint density at radius 1 is 0.935 bits per heavy atom. The Morgan fingerprint density at radius 3 is 2.42 bits per heavy atom. The van der Waals surface area contributed by atoms with E-state index in [1.165, 1.54) is 28.4 Å². The molecule has 1 aromatic heterocycles. The molecule has 158 valence electrons. The molecule has 1 fully saturated rings. The monoisotopic (exact) mass is 437 g/mol. The second-order valence-electron chi connectivity index (χ2n) is 7.14. The van der Waals surface area contributed by atoms with E-state index in [1.807, 2.05) is 6.07 Å². The van der Waals surface area contributed by atoms with Gasteiger partial charge in [-0.15, -0.1) is 11.3 Å². The number of halogens is 1. The van der Waals surface area contributed by atoms with E-state index >= 15 is 0 Å². The summed E-state index contributed by atoms with van der Waals surface area (Å²) in [5.41, 5.74) is 6.19. The number of amides is 3. The summed E-state index contributed by atoms with van der Waals surface area (Å²) in [6, 6.07) is 17.6. The molecule has 0 saturated carbocycles. The molecule has 3 aromatic rings. The van der Waals surface area contributed by atoms with Crippen molar-refractivity contribution in [1.82, 2.24) is 15.8 Å². The minimum absolute atomic E-state index is 0.202. The van der Waals surface area contributed by atoms with E-state index < -0.39 is 17.9 Å². The van der Waals surface area contributed by atoms with Crippen molar-refractivity contribution in [2.24, 2.45) is 0 Å². The second kappa shape index (κ2) is 9.09. The lowest BCUT2D eigenvalue weighted by atomic mass is 10.1. The van der Waals surface area contributed by atoms with Gasteiger partial charge in [-0.05, 0) is 54.8 Å². The van der Waals surface area contributed by atoms with Crippen molar-refractivity contribution in [1.29, 1.82) is 0 Å². The van der Waals surface area contributed by atoms with Gasteiger partial charge < -0.3 is 4.90 Å². The van der Waals surface area contributed by atoms with Gasteiger partial charge in [-0.25, -0.2) is 4.39 Å². The Kier molecular flexibility index (Phi) is 6.08. The number of nitrogens with one attached hydrogen (secondary N) is 2. The Hall–Kier alpha value is -3.52. The first kappa shape index (κ1) is 20.7. The van der Waals surface area contributed by atoms with Crippen LogP contribution in [0.1, 0.15) is 32.9 Å². The van der Waals surface area contributed by atoms with Crippen molar-refractivity contribution in [3.63, 3.8) is 0 Å². The Labute approximate surface area is 182 Å². The summed E-state index contributed by atoms with van der Waals surface area (Å²) in [7, 11) is 0. The van der Waals surface area contributed by atoms with Crippen LogP contribution in [0.3, 0.4) is 0 Å². The van der Waals surface area contributed by atoms with Gasteiger partial charge in [-0.2, -0.15) is 0 Å². The van der Waals surface area contributed by atoms with Gasteiger partial charge in [-0.1, -0.05) is 30.3 Å². The molecular weight excluding hydrogens is 417 g/mol. The highest BCUT2D eigenvalue weighted by Crippen LogP contribution is 2.28. The van der Waals surface area contributed by atoms with Crippen molar-refractivity contribution < 1.29 is 18.8 Å². The van der Waals surface area contributed by atoms with Crippen molar-refractivity contribution in [3.05, 3.63) is 83.0 Å². The van der Waals surface area contributed by atoms with Gasteiger partial charge in [-0.3, -0.25) is 25.2 Å². The molecule has 0 spiro atoms. The first-order valence-electron chi connectivity index (χ1n) is 9.85.